The Kier molecular flexibility index (Phi) is 5.03. The fourth-order valence-electron chi connectivity index (χ4n) is 2.54. The molecule has 1 heterocycles. The summed E-state index contributed by atoms with van der Waals surface area (Å²) in [6.07, 6.45) is -0.319. The Morgan fingerprint density at radius 2 is 1.79 bits per heavy atom. The van der Waals surface area contributed by atoms with Crippen LogP contribution >= 0.6 is 0 Å². The minimum absolute atomic E-state index is 0.197. The van der Waals surface area contributed by atoms with Gasteiger partial charge in [-0.05, 0) is 0 Å². The van der Waals surface area contributed by atoms with Crippen LogP contribution in [0, 0.1) is 0 Å². The first-order valence-corrected chi connectivity index (χ1v) is 9.78. The quantitative estimate of drug-likeness (QED) is 0.583. The number of hydrogen-bond acceptors (Lipinski definition) is 4. The molecule has 2 aromatic rings. The number of benzene rings is 2. The second-order valence-corrected chi connectivity index (χ2v) is 7.95. The molecule has 0 bridgehead atoms. The van der Waals surface area contributed by atoms with E-state index in [1.807, 2.05) is 48.5 Å². The zero-order valence-corrected chi connectivity index (χ0v) is 15.4. The number of nitrogens with zero attached hydrogens (tertiary/aromatic N) is 1. The standard InChI is InChI=1S/C19H19NO3Se/c1-19(18(21)22-2)16(13-24-15-11-7-4-8-12-15)23-17(20-19)14-9-5-3-6-10-14/h3-12,16H,13H2,1-2H3/t16-,19-/m0/s1. The van der Waals surface area contributed by atoms with Crippen molar-refractivity contribution in [3.05, 3.63) is 66.2 Å². The summed E-state index contributed by atoms with van der Waals surface area (Å²) < 4.78 is 12.3. The molecule has 0 unspecified atom stereocenters. The van der Waals surface area contributed by atoms with E-state index in [0.29, 0.717) is 5.90 Å². The van der Waals surface area contributed by atoms with E-state index in [-0.39, 0.29) is 27.0 Å². The number of ether oxygens (including phenoxy) is 2. The van der Waals surface area contributed by atoms with E-state index in [0.717, 1.165) is 10.9 Å². The Hall–Kier alpha value is -2.10. The number of aliphatic imine (C=N–C) groups is 1. The van der Waals surface area contributed by atoms with Crippen LogP contribution in [0.2, 0.25) is 5.32 Å². The molecule has 0 amide bonds. The normalized spacial score (nSPS) is 22.6. The molecule has 2 aromatic carbocycles. The van der Waals surface area contributed by atoms with Crippen molar-refractivity contribution in [3.8, 4) is 0 Å². The third kappa shape index (κ3) is 3.37. The number of methoxy groups -OCH3 is 1. The number of hydrogen-bond donors (Lipinski definition) is 0. The van der Waals surface area contributed by atoms with Crippen molar-refractivity contribution in [1.82, 2.24) is 0 Å². The van der Waals surface area contributed by atoms with Gasteiger partial charge in [0.25, 0.3) is 0 Å². The molecule has 0 aromatic heterocycles. The van der Waals surface area contributed by atoms with E-state index in [9.17, 15) is 4.79 Å². The van der Waals surface area contributed by atoms with Crippen LogP contribution in [0.5, 0.6) is 0 Å². The summed E-state index contributed by atoms with van der Waals surface area (Å²) in [5.41, 5.74) is -0.126. The predicted molar refractivity (Wildman–Crippen MR) is 94.9 cm³/mol. The van der Waals surface area contributed by atoms with Crippen LogP contribution in [0.1, 0.15) is 12.5 Å². The van der Waals surface area contributed by atoms with E-state index >= 15 is 0 Å². The molecule has 2 atom stereocenters. The van der Waals surface area contributed by atoms with Gasteiger partial charge in [0.2, 0.25) is 0 Å². The van der Waals surface area contributed by atoms with Gasteiger partial charge < -0.3 is 0 Å². The Balaban J connectivity index is 1.82. The Bertz CT molecular complexity index is 733. The van der Waals surface area contributed by atoms with Gasteiger partial charge in [-0.3, -0.25) is 0 Å². The average molecular weight is 388 g/mol. The van der Waals surface area contributed by atoms with Crippen LogP contribution in [0.3, 0.4) is 0 Å². The molecule has 124 valence electrons. The van der Waals surface area contributed by atoms with Crippen LogP contribution < -0.4 is 4.46 Å². The monoisotopic (exact) mass is 389 g/mol. The summed E-state index contributed by atoms with van der Waals surface area (Å²) >= 11 is 0.197. The van der Waals surface area contributed by atoms with Crippen LogP contribution in [0.25, 0.3) is 0 Å². The minimum atomic E-state index is -1.00. The molecular weight excluding hydrogens is 369 g/mol. The van der Waals surface area contributed by atoms with Crippen molar-refractivity contribution >= 4 is 31.3 Å². The number of carbonyl (C=O) groups is 1. The molecule has 0 radical (unpaired) electrons. The molecule has 0 fully saturated rings. The molecule has 0 N–H and O–H groups in total. The Labute approximate surface area is 148 Å². The van der Waals surface area contributed by atoms with Gasteiger partial charge in [-0.15, -0.1) is 0 Å². The van der Waals surface area contributed by atoms with Crippen LogP contribution in [0.4, 0.5) is 0 Å². The van der Waals surface area contributed by atoms with E-state index in [1.54, 1.807) is 6.92 Å². The van der Waals surface area contributed by atoms with Crippen molar-refractivity contribution in [1.29, 1.82) is 0 Å². The maximum absolute atomic E-state index is 12.3. The van der Waals surface area contributed by atoms with E-state index in [4.69, 9.17) is 9.47 Å². The second-order valence-electron chi connectivity index (χ2n) is 5.65. The molecule has 3 rings (SSSR count). The number of esters is 1. The predicted octanol–water partition coefficient (Wildman–Crippen LogP) is 2.21. The molecule has 1 aliphatic heterocycles. The van der Waals surface area contributed by atoms with Gasteiger partial charge in [-0.25, -0.2) is 0 Å². The van der Waals surface area contributed by atoms with Gasteiger partial charge >= 0.3 is 148 Å². The number of rotatable bonds is 5. The Morgan fingerprint density at radius 1 is 1.17 bits per heavy atom. The molecular formula is C19H19NO3Se. The van der Waals surface area contributed by atoms with Gasteiger partial charge in [-0.2, -0.15) is 0 Å². The third-order valence-corrected chi connectivity index (χ3v) is 6.23. The zero-order chi connectivity index (χ0) is 17.0. The molecule has 1 aliphatic rings. The molecule has 0 saturated carbocycles. The topological polar surface area (TPSA) is 47.9 Å². The summed E-state index contributed by atoms with van der Waals surface area (Å²) in [5.74, 6) is 0.152. The second kappa shape index (κ2) is 7.20. The Morgan fingerprint density at radius 3 is 2.42 bits per heavy atom. The van der Waals surface area contributed by atoms with Crippen molar-refractivity contribution in [2.24, 2.45) is 4.99 Å². The molecule has 24 heavy (non-hydrogen) atoms. The zero-order valence-electron chi connectivity index (χ0n) is 13.6. The summed E-state index contributed by atoms with van der Waals surface area (Å²) in [7, 11) is 1.39. The van der Waals surface area contributed by atoms with Crippen LogP contribution in [0.15, 0.2) is 65.7 Å². The summed E-state index contributed by atoms with van der Waals surface area (Å²) in [4.78, 5) is 16.9. The molecule has 0 saturated heterocycles. The molecule has 5 heteroatoms. The summed E-state index contributed by atoms with van der Waals surface area (Å²) in [5, 5.41) is 0.752. The van der Waals surface area contributed by atoms with Crippen LogP contribution in [-0.4, -0.2) is 45.6 Å². The van der Waals surface area contributed by atoms with E-state index in [2.05, 4.69) is 17.1 Å². The van der Waals surface area contributed by atoms with Crippen molar-refractivity contribution in [2.45, 2.75) is 23.9 Å². The van der Waals surface area contributed by atoms with E-state index in [1.165, 1.54) is 11.6 Å². The van der Waals surface area contributed by atoms with Gasteiger partial charge in [0.05, 0.1) is 0 Å². The van der Waals surface area contributed by atoms with Gasteiger partial charge in [0.1, 0.15) is 0 Å². The van der Waals surface area contributed by atoms with E-state index < -0.39 is 5.54 Å². The first-order chi connectivity index (χ1) is 11.6. The fourth-order valence-corrected chi connectivity index (χ4v) is 4.82. The molecule has 0 aliphatic carbocycles. The molecule has 4 nitrogen and oxygen atoms in total. The SMILES string of the molecule is COC(=O)[C@@]1(C)N=C(c2ccccc2)O[C@H]1C[Se]c1ccccc1. The van der Waals surface area contributed by atoms with Gasteiger partial charge in [-0.1, -0.05) is 0 Å². The first-order valence-electron chi connectivity index (χ1n) is 7.71. The average Bonchev–Trinajstić information content (AvgIpc) is 2.99. The van der Waals surface area contributed by atoms with Gasteiger partial charge in [0.15, 0.2) is 0 Å². The van der Waals surface area contributed by atoms with Crippen molar-refractivity contribution in [2.75, 3.05) is 7.11 Å². The maximum atomic E-state index is 12.3. The van der Waals surface area contributed by atoms with Crippen LogP contribution in [-0.2, 0) is 14.3 Å². The number of carbonyl (C=O) groups excluding carboxylic acids is 1. The van der Waals surface area contributed by atoms with Crippen molar-refractivity contribution in [3.63, 3.8) is 0 Å². The first kappa shape index (κ1) is 16.7. The van der Waals surface area contributed by atoms with Crippen molar-refractivity contribution < 1.29 is 14.3 Å². The summed E-state index contributed by atoms with van der Waals surface area (Å²) in [6, 6.07) is 19.9. The summed E-state index contributed by atoms with van der Waals surface area (Å²) in [6.45, 7) is 1.79. The fraction of sp³-hybridized carbons (Fsp3) is 0.263. The third-order valence-electron chi connectivity index (χ3n) is 3.98. The van der Waals surface area contributed by atoms with Gasteiger partial charge in [0, 0.05) is 0 Å². The molecule has 0 spiro atoms.